The van der Waals surface area contributed by atoms with E-state index in [0.29, 0.717) is 22.7 Å². The molecule has 0 radical (unpaired) electrons. The van der Waals surface area contributed by atoms with Crippen LogP contribution in [0.2, 0.25) is 0 Å². The number of carbonyl (C=O) groups excluding carboxylic acids is 1. The van der Waals surface area contributed by atoms with E-state index in [1.165, 1.54) is 49.6 Å². The molecule has 1 N–H and O–H groups in total. The number of benzene rings is 2. The van der Waals surface area contributed by atoms with E-state index in [4.69, 9.17) is 0 Å². The van der Waals surface area contributed by atoms with Crippen LogP contribution in [-0.4, -0.2) is 41.0 Å². The average molecular weight is 479 g/mol. The summed E-state index contributed by atoms with van der Waals surface area (Å²) < 4.78 is 29.8. The second-order valence-electron chi connectivity index (χ2n) is 7.26. The van der Waals surface area contributed by atoms with Crippen LogP contribution in [0, 0.1) is 0 Å². The van der Waals surface area contributed by atoms with Crippen molar-refractivity contribution in [2.24, 2.45) is 0 Å². The molecule has 5 aromatic rings. The number of hydrogen-bond acceptors (Lipinski definition) is 7. The summed E-state index contributed by atoms with van der Waals surface area (Å²) in [5.74, 6) is 0.541. The molecule has 1 amide bonds. The third-order valence-corrected chi connectivity index (χ3v) is 7.71. The Balaban J connectivity index is 1.67. The number of anilines is 2. The molecule has 0 atom stereocenters. The number of carbonyl (C=O) groups is 1. The maximum Gasteiger partial charge on any atom is 0.265 e. The topological polar surface area (TPSA) is 110 Å². The van der Waals surface area contributed by atoms with Crippen molar-refractivity contribution in [1.29, 1.82) is 0 Å². The Kier molecular flexibility index (Phi) is 5.06. The molecule has 9 nitrogen and oxygen atoms in total. The van der Waals surface area contributed by atoms with Crippen molar-refractivity contribution in [2.75, 3.05) is 16.7 Å². The number of fused-ring (bicyclic) bond motifs is 3. The lowest BCUT2D eigenvalue weighted by molar-refractivity contribution is -0.114. The zero-order valence-corrected chi connectivity index (χ0v) is 19.3. The van der Waals surface area contributed by atoms with Crippen LogP contribution in [0.1, 0.15) is 6.92 Å². The maximum atomic E-state index is 13.4. The summed E-state index contributed by atoms with van der Waals surface area (Å²) in [5.41, 5.74) is 2.22. The predicted molar refractivity (Wildman–Crippen MR) is 128 cm³/mol. The van der Waals surface area contributed by atoms with Crippen LogP contribution in [0.3, 0.4) is 0 Å². The molecule has 0 saturated heterocycles. The van der Waals surface area contributed by atoms with Crippen molar-refractivity contribution in [2.45, 2.75) is 11.8 Å². The van der Waals surface area contributed by atoms with Crippen molar-refractivity contribution < 1.29 is 13.2 Å². The van der Waals surface area contributed by atoms with Crippen LogP contribution in [0.4, 0.5) is 11.5 Å². The van der Waals surface area contributed by atoms with Gasteiger partial charge in [-0.1, -0.05) is 18.2 Å². The lowest BCUT2D eigenvalue weighted by atomic mass is 10.3. The smallest absolute Gasteiger partial charge is 0.265 e. The molecule has 33 heavy (non-hydrogen) atoms. The summed E-state index contributed by atoms with van der Waals surface area (Å²) in [5, 5.41) is 13.2. The molecule has 0 fully saturated rings. The molecular weight excluding hydrogens is 460 g/mol. The first-order valence-electron chi connectivity index (χ1n) is 9.90. The highest BCUT2D eigenvalue weighted by Gasteiger charge is 2.27. The highest BCUT2D eigenvalue weighted by Crippen LogP contribution is 2.32. The first-order chi connectivity index (χ1) is 15.9. The molecule has 0 spiro atoms. The third kappa shape index (κ3) is 3.60. The number of thiophene rings is 1. The molecule has 11 heteroatoms. The van der Waals surface area contributed by atoms with Gasteiger partial charge >= 0.3 is 0 Å². The number of hydrogen-bond donors (Lipinski definition) is 1. The van der Waals surface area contributed by atoms with Gasteiger partial charge in [0.2, 0.25) is 11.6 Å². The summed E-state index contributed by atoms with van der Waals surface area (Å²) in [6, 6.07) is 17.3. The summed E-state index contributed by atoms with van der Waals surface area (Å²) >= 11 is 1.52. The van der Waals surface area contributed by atoms with Gasteiger partial charge in [0.05, 0.1) is 20.8 Å². The molecule has 0 bridgehead atoms. The first kappa shape index (κ1) is 21.0. The monoisotopic (exact) mass is 478 g/mol. The minimum Gasteiger partial charge on any atom is -0.326 e. The molecule has 166 valence electrons. The van der Waals surface area contributed by atoms with Gasteiger partial charge < -0.3 is 5.32 Å². The van der Waals surface area contributed by atoms with Crippen LogP contribution in [0.5, 0.6) is 0 Å². The van der Waals surface area contributed by atoms with Crippen LogP contribution >= 0.6 is 11.3 Å². The standard InChI is InChI=1S/C22H18N6O3S2/c1-14(29)23-15-9-11-16(12-10-15)33(30,31)27(2)21-22-26-25-20(19-8-5-13-32-19)28(22)18-7-4-3-6-17(18)24-21/h3-13H,1-2H3,(H,23,29). The minimum absolute atomic E-state index is 0.0604. The quantitative estimate of drug-likeness (QED) is 0.412. The van der Waals surface area contributed by atoms with E-state index >= 15 is 0 Å². The van der Waals surface area contributed by atoms with E-state index in [2.05, 4.69) is 20.5 Å². The highest BCUT2D eigenvalue weighted by molar-refractivity contribution is 7.92. The van der Waals surface area contributed by atoms with Gasteiger partial charge in [0.1, 0.15) is 0 Å². The molecule has 3 aromatic heterocycles. The number of amides is 1. The molecule has 0 aliphatic carbocycles. The van der Waals surface area contributed by atoms with Crippen LogP contribution in [0.15, 0.2) is 70.9 Å². The van der Waals surface area contributed by atoms with Gasteiger partial charge in [-0.05, 0) is 47.8 Å². The van der Waals surface area contributed by atoms with Crippen LogP contribution in [-0.2, 0) is 14.8 Å². The van der Waals surface area contributed by atoms with Gasteiger partial charge in [-0.3, -0.25) is 9.20 Å². The van der Waals surface area contributed by atoms with Gasteiger partial charge in [0.15, 0.2) is 11.6 Å². The summed E-state index contributed by atoms with van der Waals surface area (Å²) in [6.07, 6.45) is 0. The summed E-state index contributed by atoms with van der Waals surface area (Å²) in [4.78, 5) is 16.8. The SMILES string of the molecule is CC(=O)Nc1ccc(S(=O)(=O)N(C)c2nc3ccccc3n3c(-c4cccs4)nnc23)cc1. The van der Waals surface area contributed by atoms with E-state index in [9.17, 15) is 13.2 Å². The lowest BCUT2D eigenvalue weighted by Crippen LogP contribution is -2.28. The molecule has 0 aliphatic heterocycles. The maximum absolute atomic E-state index is 13.4. The van der Waals surface area contributed by atoms with Gasteiger partial charge in [0, 0.05) is 19.7 Å². The number of aromatic nitrogens is 4. The minimum atomic E-state index is -3.96. The molecule has 0 aliphatic rings. The number of rotatable bonds is 5. The molecule has 0 unspecified atom stereocenters. The van der Waals surface area contributed by atoms with Crippen LogP contribution in [0.25, 0.3) is 27.4 Å². The fraction of sp³-hybridized carbons (Fsp3) is 0.0909. The fourth-order valence-corrected chi connectivity index (χ4v) is 5.38. The van der Waals surface area contributed by atoms with E-state index in [1.54, 1.807) is 0 Å². The number of nitrogens with zero attached hydrogens (tertiary/aromatic N) is 5. The lowest BCUT2D eigenvalue weighted by Gasteiger charge is -2.20. The molecule has 3 heterocycles. The normalized spacial score (nSPS) is 11.7. The Morgan fingerprint density at radius 3 is 2.48 bits per heavy atom. The molecular formula is C22H18N6O3S2. The van der Waals surface area contributed by atoms with Crippen molar-refractivity contribution in [3.8, 4) is 10.7 Å². The van der Waals surface area contributed by atoms with E-state index in [1.807, 2.05) is 46.2 Å². The number of nitrogens with one attached hydrogen (secondary N) is 1. The van der Waals surface area contributed by atoms with Crippen molar-refractivity contribution >= 4 is 55.5 Å². The first-order valence-corrected chi connectivity index (χ1v) is 12.2. The zero-order chi connectivity index (χ0) is 23.2. The number of sulfonamides is 1. The second-order valence-corrected chi connectivity index (χ2v) is 10.2. The molecule has 0 saturated carbocycles. The van der Waals surface area contributed by atoms with Gasteiger partial charge in [-0.15, -0.1) is 21.5 Å². The predicted octanol–water partition coefficient (Wildman–Crippen LogP) is 3.79. The van der Waals surface area contributed by atoms with Gasteiger partial charge in [0.25, 0.3) is 10.0 Å². The third-order valence-electron chi connectivity index (χ3n) is 5.08. The Morgan fingerprint density at radius 2 is 1.79 bits per heavy atom. The highest BCUT2D eigenvalue weighted by atomic mass is 32.2. The Bertz CT molecular complexity index is 1590. The zero-order valence-electron chi connectivity index (χ0n) is 17.6. The molecule has 5 rings (SSSR count). The average Bonchev–Trinajstić information content (AvgIpc) is 3.48. The number of para-hydroxylation sites is 2. The van der Waals surface area contributed by atoms with E-state index in [-0.39, 0.29) is 16.6 Å². The largest absolute Gasteiger partial charge is 0.326 e. The fourth-order valence-electron chi connectivity index (χ4n) is 3.53. The Morgan fingerprint density at radius 1 is 1.03 bits per heavy atom. The van der Waals surface area contributed by atoms with Crippen molar-refractivity contribution in [3.05, 3.63) is 66.0 Å². The van der Waals surface area contributed by atoms with E-state index < -0.39 is 10.0 Å². The second kappa shape index (κ2) is 7.94. The Labute approximate surface area is 193 Å². The molecule has 2 aromatic carbocycles. The van der Waals surface area contributed by atoms with Gasteiger partial charge in [-0.2, -0.15) is 0 Å². The van der Waals surface area contributed by atoms with Crippen LogP contribution < -0.4 is 9.62 Å². The van der Waals surface area contributed by atoms with Crippen molar-refractivity contribution in [3.63, 3.8) is 0 Å². The van der Waals surface area contributed by atoms with Gasteiger partial charge in [-0.25, -0.2) is 17.7 Å². The Hall–Kier alpha value is -3.83. The van der Waals surface area contributed by atoms with Crippen molar-refractivity contribution in [1.82, 2.24) is 19.6 Å². The van der Waals surface area contributed by atoms with E-state index in [0.717, 1.165) is 14.7 Å². The summed E-state index contributed by atoms with van der Waals surface area (Å²) in [7, 11) is -2.52. The summed E-state index contributed by atoms with van der Waals surface area (Å²) in [6.45, 7) is 1.39.